The highest BCUT2D eigenvalue weighted by Crippen LogP contribution is 2.38. The second kappa shape index (κ2) is 14.8. The lowest BCUT2D eigenvalue weighted by atomic mass is 10.0. The van der Waals surface area contributed by atoms with Crippen LogP contribution in [0, 0.1) is 0 Å². The normalized spacial score (nSPS) is 11.8. The van der Waals surface area contributed by atoms with Crippen molar-refractivity contribution in [3.63, 3.8) is 0 Å². The predicted octanol–water partition coefficient (Wildman–Crippen LogP) is 4.48. The molecule has 8 nitrogen and oxygen atoms in total. The average Bonchev–Trinajstić information content (AvgIpc) is 2.88. The number of aliphatic hydroxyl groups is 1. The minimum absolute atomic E-state index is 0. The zero-order valence-corrected chi connectivity index (χ0v) is 23.1. The van der Waals surface area contributed by atoms with Gasteiger partial charge in [-0.3, -0.25) is 4.79 Å². The number of carbonyl (C=O) groups is 1. The van der Waals surface area contributed by atoms with E-state index in [9.17, 15) is 9.90 Å². The SMILES string of the molecule is CCC(C)(C)NCC(O)COc1cc(CCC(=O)c2cc(OC)c(OC)c(OC)c2)ccc1OC.Cl. The maximum Gasteiger partial charge on any atom is 0.203 e. The van der Waals surface area contributed by atoms with Crippen LogP contribution in [0.15, 0.2) is 30.3 Å². The van der Waals surface area contributed by atoms with E-state index < -0.39 is 6.10 Å². The van der Waals surface area contributed by atoms with Crippen LogP contribution in [0.3, 0.4) is 0 Å². The maximum atomic E-state index is 12.9. The summed E-state index contributed by atoms with van der Waals surface area (Å²) in [6.07, 6.45) is 1.06. The molecule has 0 radical (unpaired) electrons. The molecule has 0 aromatic heterocycles. The van der Waals surface area contributed by atoms with Gasteiger partial charge >= 0.3 is 0 Å². The number of aryl methyl sites for hydroxylation is 1. The summed E-state index contributed by atoms with van der Waals surface area (Å²) in [5, 5.41) is 13.7. The van der Waals surface area contributed by atoms with Gasteiger partial charge in [-0.2, -0.15) is 0 Å². The van der Waals surface area contributed by atoms with Gasteiger partial charge in [0, 0.05) is 24.1 Å². The van der Waals surface area contributed by atoms with Crippen molar-refractivity contribution in [2.45, 2.75) is 51.7 Å². The second-order valence-electron chi connectivity index (χ2n) is 8.91. The van der Waals surface area contributed by atoms with E-state index >= 15 is 0 Å². The molecule has 0 spiro atoms. The first-order valence-corrected chi connectivity index (χ1v) is 11.7. The molecule has 2 aromatic carbocycles. The number of methoxy groups -OCH3 is 4. The summed E-state index contributed by atoms with van der Waals surface area (Å²) in [6.45, 7) is 6.82. The van der Waals surface area contributed by atoms with E-state index in [0.29, 0.717) is 47.3 Å². The zero-order chi connectivity index (χ0) is 26.0. The van der Waals surface area contributed by atoms with Gasteiger partial charge in [-0.1, -0.05) is 13.0 Å². The number of nitrogens with one attached hydrogen (secondary N) is 1. The molecule has 0 saturated heterocycles. The lowest BCUT2D eigenvalue weighted by Crippen LogP contribution is -2.44. The third-order valence-corrected chi connectivity index (χ3v) is 5.99. The summed E-state index contributed by atoms with van der Waals surface area (Å²) in [5.41, 5.74) is 1.35. The van der Waals surface area contributed by atoms with Crippen LogP contribution in [-0.4, -0.2) is 64.1 Å². The van der Waals surface area contributed by atoms with E-state index in [1.165, 1.54) is 21.3 Å². The smallest absolute Gasteiger partial charge is 0.203 e. The number of halogens is 1. The first-order valence-electron chi connectivity index (χ1n) is 11.7. The molecular weight excluding hydrogens is 486 g/mol. The molecule has 0 amide bonds. The number of Topliss-reactive ketones (excluding diaryl/α,β-unsaturated/α-hetero) is 1. The Morgan fingerprint density at radius 3 is 2.08 bits per heavy atom. The van der Waals surface area contributed by atoms with Gasteiger partial charge in [0.2, 0.25) is 5.75 Å². The first-order chi connectivity index (χ1) is 16.7. The number of benzene rings is 2. The summed E-state index contributed by atoms with van der Waals surface area (Å²) < 4.78 is 27.3. The van der Waals surface area contributed by atoms with Crippen molar-refractivity contribution in [3.05, 3.63) is 41.5 Å². The number of ketones is 1. The quantitative estimate of drug-likeness (QED) is 0.329. The highest BCUT2D eigenvalue weighted by Gasteiger charge is 2.18. The molecule has 0 aliphatic carbocycles. The van der Waals surface area contributed by atoms with E-state index in [0.717, 1.165) is 12.0 Å². The van der Waals surface area contributed by atoms with Gasteiger partial charge < -0.3 is 34.1 Å². The van der Waals surface area contributed by atoms with Crippen LogP contribution < -0.4 is 29.0 Å². The van der Waals surface area contributed by atoms with Crippen molar-refractivity contribution < 1.29 is 33.6 Å². The Labute approximate surface area is 220 Å². The molecule has 0 aliphatic heterocycles. The van der Waals surface area contributed by atoms with Gasteiger partial charge in [-0.05, 0) is 56.5 Å². The Morgan fingerprint density at radius 2 is 1.56 bits per heavy atom. The molecule has 202 valence electrons. The molecule has 0 fully saturated rings. The van der Waals surface area contributed by atoms with E-state index in [1.54, 1.807) is 25.3 Å². The number of hydrogen-bond acceptors (Lipinski definition) is 8. The van der Waals surface area contributed by atoms with Crippen molar-refractivity contribution in [3.8, 4) is 28.7 Å². The van der Waals surface area contributed by atoms with Crippen LogP contribution >= 0.6 is 12.4 Å². The highest BCUT2D eigenvalue weighted by molar-refractivity contribution is 5.97. The Balaban J connectivity index is 0.00000648. The largest absolute Gasteiger partial charge is 0.493 e. The van der Waals surface area contributed by atoms with Crippen LogP contribution in [0.5, 0.6) is 28.7 Å². The molecule has 1 atom stereocenters. The molecule has 36 heavy (non-hydrogen) atoms. The van der Waals surface area contributed by atoms with Gasteiger partial charge in [0.05, 0.1) is 28.4 Å². The van der Waals surface area contributed by atoms with E-state index in [4.69, 9.17) is 23.7 Å². The Kier molecular flexibility index (Phi) is 12.9. The minimum atomic E-state index is -0.671. The maximum absolute atomic E-state index is 12.9. The van der Waals surface area contributed by atoms with Crippen LogP contribution in [0.4, 0.5) is 0 Å². The second-order valence-corrected chi connectivity index (χ2v) is 8.91. The van der Waals surface area contributed by atoms with Crippen molar-refractivity contribution >= 4 is 18.2 Å². The minimum Gasteiger partial charge on any atom is -0.493 e. The number of hydrogen-bond donors (Lipinski definition) is 2. The summed E-state index contributed by atoms with van der Waals surface area (Å²) in [4.78, 5) is 12.9. The molecule has 0 heterocycles. The molecule has 0 bridgehead atoms. The molecule has 0 aliphatic rings. The summed E-state index contributed by atoms with van der Waals surface area (Å²) in [6, 6.07) is 8.86. The fourth-order valence-electron chi connectivity index (χ4n) is 3.40. The van der Waals surface area contributed by atoms with Gasteiger partial charge in [0.1, 0.15) is 12.7 Å². The van der Waals surface area contributed by atoms with Gasteiger partial charge in [-0.25, -0.2) is 0 Å². The molecule has 1 unspecified atom stereocenters. The van der Waals surface area contributed by atoms with Gasteiger partial charge in [0.25, 0.3) is 0 Å². The average molecular weight is 526 g/mol. The van der Waals surface area contributed by atoms with Gasteiger partial charge in [0.15, 0.2) is 28.8 Å². The topological polar surface area (TPSA) is 95.5 Å². The lowest BCUT2D eigenvalue weighted by Gasteiger charge is -2.26. The third-order valence-electron chi connectivity index (χ3n) is 5.99. The number of carbonyl (C=O) groups excluding carboxylic acids is 1. The Hall–Kier alpha value is -2.68. The Morgan fingerprint density at radius 1 is 0.944 bits per heavy atom. The fourth-order valence-corrected chi connectivity index (χ4v) is 3.40. The summed E-state index contributed by atoms with van der Waals surface area (Å²) in [7, 11) is 6.12. The van der Waals surface area contributed by atoms with Crippen LogP contribution in [-0.2, 0) is 6.42 Å². The number of rotatable bonds is 15. The van der Waals surface area contributed by atoms with Crippen molar-refractivity contribution in [1.29, 1.82) is 0 Å². The monoisotopic (exact) mass is 525 g/mol. The van der Waals surface area contributed by atoms with Crippen molar-refractivity contribution in [2.24, 2.45) is 0 Å². The molecule has 2 aromatic rings. The standard InChI is InChI=1S/C27H39NO7.ClH/c1-8-27(2,3)28-16-20(29)17-35-23-13-18(10-12-22(23)31-4)9-11-21(30)19-14-24(32-5)26(34-7)25(15-19)33-6;/h10,12-15,20,28-29H,8-9,11,16-17H2,1-7H3;1H. The molecule has 2 rings (SSSR count). The highest BCUT2D eigenvalue weighted by atomic mass is 35.5. The lowest BCUT2D eigenvalue weighted by molar-refractivity contribution is 0.0969. The van der Waals surface area contributed by atoms with E-state index in [1.807, 2.05) is 12.1 Å². The molecular formula is C27H40ClNO7. The number of β-amino-alcohol motifs (C(OH)–C–C–N with tert-alkyl or cyclic N) is 1. The first kappa shape index (κ1) is 31.4. The molecule has 9 heteroatoms. The van der Waals surface area contributed by atoms with Crippen molar-refractivity contribution in [2.75, 3.05) is 41.6 Å². The van der Waals surface area contributed by atoms with Crippen LogP contribution in [0.2, 0.25) is 0 Å². The predicted molar refractivity (Wildman–Crippen MR) is 143 cm³/mol. The molecule has 2 N–H and O–H groups in total. The Bertz CT molecular complexity index is 956. The van der Waals surface area contributed by atoms with Crippen molar-refractivity contribution in [1.82, 2.24) is 5.32 Å². The summed E-state index contributed by atoms with van der Waals surface area (Å²) >= 11 is 0. The number of aliphatic hydroxyl groups excluding tert-OH is 1. The zero-order valence-electron chi connectivity index (χ0n) is 22.3. The van der Waals surface area contributed by atoms with Crippen LogP contribution in [0.1, 0.15) is 49.5 Å². The van der Waals surface area contributed by atoms with Gasteiger partial charge in [-0.15, -0.1) is 12.4 Å². The fraction of sp³-hybridized carbons (Fsp3) is 0.519. The van der Waals surface area contributed by atoms with Crippen LogP contribution in [0.25, 0.3) is 0 Å². The molecule has 0 saturated carbocycles. The number of ether oxygens (including phenoxy) is 5. The third kappa shape index (κ3) is 8.76. The van der Waals surface area contributed by atoms with E-state index in [2.05, 4.69) is 26.1 Å². The van der Waals surface area contributed by atoms with E-state index in [-0.39, 0.29) is 36.8 Å². The summed E-state index contributed by atoms with van der Waals surface area (Å²) in [5.74, 6) is 2.36.